The molecule has 0 spiro atoms. The number of hydrogen-bond donors (Lipinski definition) is 1. The number of rotatable bonds is 6. The maximum absolute atomic E-state index is 12.4. The fourth-order valence-corrected chi connectivity index (χ4v) is 5.01. The van der Waals surface area contributed by atoms with Crippen molar-refractivity contribution in [1.29, 1.82) is 0 Å². The van der Waals surface area contributed by atoms with E-state index < -0.39 is 5.60 Å². The van der Waals surface area contributed by atoms with Crippen LogP contribution in [0.25, 0.3) is 16.6 Å². The maximum atomic E-state index is 12.4. The molecule has 8 heteroatoms. The van der Waals surface area contributed by atoms with Crippen molar-refractivity contribution in [3.8, 4) is 0 Å². The van der Waals surface area contributed by atoms with Crippen molar-refractivity contribution in [2.45, 2.75) is 18.4 Å². The van der Waals surface area contributed by atoms with Gasteiger partial charge in [-0.15, -0.1) is 5.10 Å². The molecule has 0 amide bonds. The highest BCUT2D eigenvalue weighted by Crippen LogP contribution is 2.38. The van der Waals surface area contributed by atoms with Crippen LogP contribution in [0.2, 0.25) is 5.02 Å². The average molecular weight is 495 g/mol. The lowest BCUT2D eigenvalue weighted by Gasteiger charge is -2.30. The summed E-state index contributed by atoms with van der Waals surface area (Å²) in [7, 11) is 1.88. The minimum absolute atomic E-state index is 0.605. The molecule has 1 atom stereocenters. The van der Waals surface area contributed by atoms with Crippen LogP contribution in [0.5, 0.6) is 0 Å². The third kappa shape index (κ3) is 3.73. The largest absolute Gasteiger partial charge is 0.374 e. The lowest BCUT2D eigenvalue weighted by atomic mass is 9.82. The molecule has 3 aromatic heterocycles. The Kier molecular flexibility index (Phi) is 5.51. The molecule has 0 bridgehead atoms. The van der Waals surface area contributed by atoms with E-state index in [0.717, 1.165) is 29.3 Å². The lowest BCUT2D eigenvalue weighted by molar-refractivity contribution is 0.117. The third-order valence-electron chi connectivity index (χ3n) is 6.76. The zero-order chi connectivity index (χ0) is 24.7. The molecule has 0 aliphatic rings. The van der Waals surface area contributed by atoms with Crippen LogP contribution in [0, 0.1) is 0 Å². The summed E-state index contributed by atoms with van der Waals surface area (Å²) in [5, 5.41) is 26.2. The Labute approximate surface area is 212 Å². The fraction of sp³-hybridized carbons (Fsp3) is 0.143. The topological polar surface area (TPSA) is 81.1 Å². The van der Waals surface area contributed by atoms with Gasteiger partial charge in [-0.2, -0.15) is 4.52 Å². The van der Waals surface area contributed by atoms with E-state index in [9.17, 15) is 5.11 Å². The van der Waals surface area contributed by atoms with E-state index in [1.165, 1.54) is 5.56 Å². The summed E-state index contributed by atoms with van der Waals surface area (Å²) in [5.74, 6) is 0. The molecule has 36 heavy (non-hydrogen) atoms. The highest BCUT2D eigenvalue weighted by atomic mass is 35.5. The minimum Gasteiger partial charge on any atom is -0.374 e. The monoisotopic (exact) mass is 494 g/mol. The second-order valence-electron chi connectivity index (χ2n) is 8.94. The number of halogens is 1. The molecule has 0 saturated heterocycles. The summed E-state index contributed by atoms with van der Waals surface area (Å²) in [4.78, 5) is 4.28. The van der Waals surface area contributed by atoms with E-state index in [-0.39, 0.29) is 0 Å². The molecule has 1 N–H and O–H groups in total. The van der Waals surface area contributed by atoms with E-state index in [2.05, 4.69) is 44.8 Å². The molecule has 0 fully saturated rings. The SMILES string of the molecule is Cn1cncc1C(O)(c1ccc(Cl)cc1)c1ccc2c(c1)c(CCc1ccccc1)cc1nnnn12. The first kappa shape index (κ1) is 22.4. The number of aliphatic hydroxyl groups is 1. The number of tetrazole rings is 1. The van der Waals surface area contributed by atoms with Crippen LogP contribution in [0.15, 0.2) is 91.4 Å². The molecule has 3 aromatic carbocycles. The standard InChI is InChI=1S/C28H23ClN6O/c1-34-18-30-17-26(34)28(36,21-9-12-23(29)13-10-21)22-11-14-25-24(16-22)20(15-27-31-32-33-35(25)27)8-7-19-5-3-2-4-6-19/h2-6,9-18,36H,7-8H2,1H3. The predicted octanol–water partition coefficient (Wildman–Crippen LogP) is 4.73. The zero-order valence-electron chi connectivity index (χ0n) is 19.6. The van der Waals surface area contributed by atoms with Gasteiger partial charge < -0.3 is 9.67 Å². The molecule has 7 nitrogen and oxygen atoms in total. The first-order valence-electron chi connectivity index (χ1n) is 11.7. The maximum Gasteiger partial charge on any atom is 0.180 e. The first-order valence-corrected chi connectivity index (χ1v) is 12.1. The zero-order valence-corrected chi connectivity index (χ0v) is 20.3. The average Bonchev–Trinajstić information content (AvgIpc) is 3.56. The highest BCUT2D eigenvalue weighted by molar-refractivity contribution is 6.30. The van der Waals surface area contributed by atoms with Gasteiger partial charge in [0.25, 0.3) is 0 Å². The quantitative estimate of drug-likeness (QED) is 0.362. The van der Waals surface area contributed by atoms with Gasteiger partial charge in [-0.3, -0.25) is 0 Å². The molecular weight excluding hydrogens is 472 g/mol. The summed E-state index contributed by atoms with van der Waals surface area (Å²) >= 11 is 6.17. The first-order chi connectivity index (χ1) is 17.5. The molecule has 3 heterocycles. The lowest BCUT2D eigenvalue weighted by Crippen LogP contribution is -2.31. The van der Waals surface area contributed by atoms with Crippen molar-refractivity contribution in [1.82, 2.24) is 29.6 Å². The molecule has 0 saturated carbocycles. The van der Waals surface area contributed by atoms with Gasteiger partial charge in [0.05, 0.1) is 23.7 Å². The van der Waals surface area contributed by atoms with Gasteiger partial charge in [0.1, 0.15) is 0 Å². The van der Waals surface area contributed by atoms with Crippen LogP contribution in [-0.4, -0.2) is 34.7 Å². The smallest absolute Gasteiger partial charge is 0.180 e. The molecule has 178 valence electrons. The second-order valence-corrected chi connectivity index (χ2v) is 9.38. The third-order valence-corrected chi connectivity index (χ3v) is 7.01. The molecule has 0 radical (unpaired) electrons. The van der Waals surface area contributed by atoms with Crippen LogP contribution in [0.4, 0.5) is 0 Å². The molecule has 1 unspecified atom stereocenters. The summed E-state index contributed by atoms with van der Waals surface area (Å²) in [6.07, 6.45) is 5.06. The van der Waals surface area contributed by atoms with Crippen molar-refractivity contribution in [3.05, 3.63) is 124 Å². The van der Waals surface area contributed by atoms with Crippen LogP contribution >= 0.6 is 11.6 Å². The summed E-state index contributed by atoms with van der Waals surface area (Å²) in [5.41, 5.74) is 4.56. The number of benzene rings is 3. The number of fused-ring (bicyclic) bond motifs is 3. The molecule has 0 aliphatic carbocycles. The molecule has 6 rings (SSSR count). The summed E-state index contributed by atoms with van der Waals surface area (Å²) < 4.78 is 3.57. The van der Waals surface area contributed by atoms with E-state index in [0.29, 0.717) is 27.5 Å². The van der Waals surface area contributed by atoms with Gasteiger partial charge >= 0.3 is 0 Å². The van der Waals surface area contributed by atoms with E-state index in [4.69, 9.17) is 11.6 Å². The van der Waals surface area contributed by atoms with Crippen molar-refractivity contribution in [3.63, 3.8) is 0 Å². The van der Waals surface area contributed by atoms with Gasteiger partial charge in [0.15, 0.2) is 11.2 Å². The van der Waals surface area contributed by atoms with Gasteiger partial charge in [-0.05, 0) is 75.9 Å². The molecule has 0 aliphatic heterocycles. The van der Waals surface area contributed by atoms with Gasteiger partial charge in [-0.1, -0.05) is 60.1 Å². The number of nitrogens with zero attached hydrogens (tertiary/aromatic N) is 6. The van der Waals surface area contributed by atoms with Gasteiger partial charge in [0, 0.05) is 17.5 Å². The summed E-state index contributed by atoms with van der Waals surface area (Å²) in [6, 6.07) is 25.6. The molecule has 6 aromatic rings. The Morgan fingerprint density at radius 2 is 1.69 bits per heavy atom. The van der Waals surface area contributed by atoms with Crippen molar-refractivity contribution in [2.75, 3.05) is 0 Å². The van der Waals surface area contributed by atoms with Gasteiger partial charge in [-0.25, -0.2) is 4.98 Å². The Balaban J connectivity index is 1.55. The van der Waals surface area contributed by atoms with Crippen LogP contribution < -0.4 is 0 Å². The van der Waals surface area contributed by atoms with Crippen LogP contribution in [0.3, 0.4) is 0 Å². The van der Waals surface area contributed by atoms with Crippen molar-refractivity contribution in [2.24, 2.45) is 7.05 Å². The predicted molar refractivity (Wildman–Crippen MR) is 139 cm³/mol. The Morgan fingerprint density at radius 1 is 0.917 bits per heavy atom. The number of imidazole rings is 1. The van der Waals surface area contributed by atoms with Crippen molar-refractivity contribution < 1.29 is 5.11 Å². The van der Waals surface area contributed by atoms with Gasteiger partial charge in [0.2, 0.25) is 0 Å². The second kappa shape index (κ2) is 8.86. The van der Waals surface area contributed by atoms with Crippen molar-refractivity contribution >= 4 is 28.2 Å². The van der Waals surface area contributed by atoms with Crippen LogP contribution in [-0.2, 0) is 25.5 Å². The Morgan fingerprint density at radius 3 is 2.44 bits per heavy atom. The summed E-state index contributed by atoms with van der Waals surface area (Å²) in [6.45, 7) is 0. The number of pyridine rings is 1. The minimum atomic E-state index is -1.45. The van der Waals surface area contributed by atoms with E-state index in [1.807, 2.05) is 54.1 Å². The fourth-order valence-electron chi connectivity index (χ4n) is 4.88. The Hall–Kier alpha value is -4.07. The highest BCUT2D eigenvalue weighted by Gasteiger charge is 2.37. The van der Waals surface area contributed by atoms with Crippen LogP contribution in [0.1, 0.15) is 27.9 Å². The number of aryl methyl sites for hydroxylation is 3. The molecular formula is C28H23ClN6O. The Bertz CT molecular complexity index is 1680. The van der Waals surface area contributed by atoms with E-state index >= 15 is 0 Å². The number of aromatic nitrogens is 6. The van der Waals surface area contributed by atoms with E-state index in [1.54, 1.807) is 29.2 Å². The normalized spacial score (nSPS) is 13.3. The number of hydrogen-bond acceptors (Lipinski definition) is 5.